The average Bonchev–Trinajstić information content (AvgIpc) is 3.08. The molecule has 0 bridgehead atoms. The van der Waals surface area contributed by atoms with Crippen molar-refractivity contribution in [3.8, 4) is 5.75 Å². The molecule has 5 amide bonds. The lowest BCUT2D eigenvalue weighted by molar-refractivity contribution is -0.139. The summed E-state index contributed by atoms with van der Waals surface area (Å²) in [6, 6.07) is 9.87. The lowest BCUT2D eigenvalue weighted by Gasteiger charge is -2.43. The Balaban J connectivity index is 1.52. The van der Waals surface area contributed by atoms with Crippen LogP contribution in [-0.4, -0.2) is 72.4 Å². The molecule has 2 aromatic rings. The summed E-state index contributed by atoms with van der Waals surface area (Å²) >= 11 is 0. The molecule has 4 rings (SSSR count). The van der Waals surface area contributed by atoms with Crippen molar-refractivity contribution in [2.45, 2.75) is 45.2 Å². The first-order valence-electron chi connectivity index (χ1n) is 12.6. The monoisotopic (exact) mass is 524 g/mol. The Kier molecular flexibility index (Phi) is 7.44. The van der Waals surface area contributed by atoms with Gasteiger partial charge in [-0.05, 0) is 62.1 Å². The molecule has 1 spiro atoms. The van der Waals surface area contributed by atoms with E-state index in [2.05, 4.69) is 5.32 Å². The van der Waals surface area contributed by atoms with Crippen molar-refractivity contribution >= 4 is 29.4 Å². The van der Waals surface area contributed by atoms with Crippen molar-refractivity contribution < 1.29 is 28.3 Å². The molecule has 1 atom stereocenters. The Morgan fingerprint density at radius 3 is 2.26 bits per heavy atom. The van der Waals surface area contributed by atoms with E-state index in [1.807, 2.05) is 0 Å². The molecule has 0 aromatic heterocycles. The van der Waals surface area contributed by atoms with E-state index in [1.165, 1.54) is 24.1 Å². The fourth-order valence-electron chi connectivity index (χ4n) is 5.19. The minimum absolute atomic E-state index is 0.116. The molecule has 0 saturated carbocycles. The summed E-state index contributed by atoms with van der Waals surface area (Å²) in [6.45, 7) is 5.81. The van der Waals surface area contributed by atoms with E-state index in [0.717, 1.165) is 10.5 Å². The molecule has 10 heteroatoms. The van der Waals surface area contributed by atoms with Gasteiger partial charge in [-0.2, -0.15) is 0 Å². The van der Waals surface area contributed by atoms with E-state index in [1.54, 1.807) is 63.1 Å². The van der Waals surface area contributed by atoms with E-state index in [4.69, 9.17) is 4.74 Å². The number of hydrogen-bond donors (Lipinski definition) is 1. The highest BCUT2D eigenvalue weighted by Crippen LogP contribution is 2.40. The molecule has 38 heavy (non-hydrogen) atoms. The summed E-state index contributed by atoms with van der Waals surface area (Å²) in [7, 11) is 3.01. The number of ether oxygens (including phenoxy) is 1. The summed E-state index contributed by atoms with van der Waals surface area (Å²) in [5, 5.41) is 2.71. The van der Waals surface area contributed by atoms with Crippen LogP contribution in [0.4, 0.5) is 14.9 Å². The molecular weight excluding hydrogens is 491 g/mol. The van der Waals surface area contributed by atoms with Gasteiger partial charge in [-0.1, -0.05) is 25.5 Å². The van der Waals surface area contributed by atoms with Gasteiger partial charge >= 0.3 is 6.03 Å². The van der Waals surface area contributed by atoms with Crippen LogP contribution in [0.1, 0.15) is 42.6 Å². The van der Waals surface area contributed by atoms with Crippen LogP contribution in [-0.2, 0) is 9.59 Å². The number of likely N-dealkylation sites (N-methyl/N-ethyl adjacent to an activating group) is 1. The van der Waals surface area contributed by atoms with Crippen LogP contribution in [0, 0.1) is 18.7 Å². The zero-order valence-corrected chi connectivity index (χ0v) is 22.3. The maximum atomic E-state index is 14.3. The molecule has 202 valence electrons. The number of benzene rings is 2. The van der Waals surface area contributed by atoms with Gasteiger partial charge in [0.2, 0.25) is 5.91 Å². The lowest BCUT2D eigenvalue weighted by atomic mass is 9.85. The summed E-state index contributed by atoms with van der Waals surface area (Å²) in [6.07, 6.45) is 0.482. The number of urea groups is 1. The smallest absolute Gasteiger partial charge is 0.331 e. The van der Waals surface area contributed by atoms with Crippen LogP contribution in [0.3, 0.4) is 0 Å². The van der Waals surface area contributed by atoms with E-state index in [-0.39, 0.29) is 49.2 Å². The number of nitrogens with one attached hydrogen (secondary N) is 1. The van der Waals surface area contributed by atoms with E-state index < -0.39 is 29.3 Å². The van der Waals surface area contributed by atoms with Crippen LogP contribution in [0.2, 0.25) is 0 Å². The van der Waals surface area contributed by atoms with Gasteiger partial charge in [0.25, 0.3) is 11.8 Å². The second-order valence-electron chi connectivity index (χ2n) is 10.2. The fraction of sp³-hybridized carbons (Fsp3) is 0.429. The number of methoxy groups -OCH3 is 1. The molecule has 2 aliphatic heterocycles. The van der Waals surface area contributed by atoms with Gasteiger partial charge in [-0.25, -0.2) is 9.18 Å². The molecule has 2 aromatic carbocycles. The average molecular weight is 525 g/mol. The third-order valence-corrected chi connectivity index (χ3v) is 7.43. The highest BCUT2D eigenvalue weighted by molar-refractivity contribution is 6.16. The molecule has 9 nitrogen and oxygen atoms in total. The van der Waals surface area contributed by atoms with E-state index in [9.17, 15) is 23.6 Å². The Morgan fingerprint density at radius 2 is 1.68 bits per heavy atom. The highest BCUT2D eigenvalue weighted by Gasteiger charge is 2.58. The molecule has 2 saturated heterocycles. The first-order valence-corrected chi connectivity index (χ1v) is 12.6. The van der Waals surface area contributed by atoms with Gasteiger partial charge in [0, 0.05) is 25.8 Å². The highest BCUT2D eigenvalue weighted by atomic mass is 19.1. The number of halogens is 1. The quantitative estimate of drug-likeness (QED) is 0.585. The Morgan fingerprint density at radius 1 is 1.05 bits per heavy atom. The standard InChI is InChI=1S/C28H33FN4O5/c1-17(2)23(30-24(34)21-16-18(3)6-11-22(21)29)25(35)32-14-12-28(13-15-32)26(36)31(4)27(37)33(28)19-7-9-20(38-5)10-8-19/h6-11,16-17,23H,12-15H2,1-5H3,(H,30,34)/t23-/m1/s1. The van der Waals surface area contributed by atoms with Crippen molar-refractivity contribution in [1.29, 1.82) is 0 Å². The third kappa shape index (κ3) is 4.70. The molecule has 0 unspecified atom stereocenters. The predicted molar refractivity (Wildman–Crippen MR) is 139 cm³/mol. The number of rotatable bonds is 6. The molecule has 1 N–H and O–H groups in total. The topological polar surface area (TPSA) is 99.3 Å². The number of carbonyl (C=O) groups is 4. The van der Waals surface area contributed by atoms with Crippen LogP contribution in [0.15, 0.2) is 42.5 Å². The Labute approximate surface area is 221 Å². The van der Waals surface area contributed by atoms with Gasteiger partial charge < -0.3 is 15.0 Å². The number of imide groups is 1. The van der Waals surface area contributed by atoms with E-state index >= 15 is 0 Å². The summed E-state index contributed by atoms with van der Waals surface area (Å²) in [4.78, 5) is 57.0. The largest absolute Gasteiger partial charge is 0.497 e. The van der Waals surface area contributed by atoms with Crippen LogP contribution >= 0.6 is 0 Å². The summed E-state index contributed by atoms with van der Waals surface area (Å²) in [5.74, 6) is -1.56. The zero-order chi connectivity index (χ0) is 27.8. The SMILES string of the molecule is COc1ccc(N2C(=O)N(C)C(=O)C23CCN(C(=O)[C@H](NC(=O)c2cc(C)ccc2F)C(C)C)CC3)cc1. The summed E-state index contributed by atoms with van der Waals surface area (Å²) in [5.41, 5.74) is 0.0703. The number of nitrogens with zero attached hydrogens (tertiary/aromatic N) is 3. The lowest BCUT2D eigenvalue weighted by Crippen LogP contribution is -2.60. The number of amides is 5. The first-order chi connectivity index (χ1) is 18.0. The maximum absolute atomic E-state index is 14.3. The number of hydrogen-bond acceptors (Lipinski definition) is 5. The van der Waals surface area contributed by atoms with Crippen molar-refractivity contribution in [3.63, 3.8) is 0 Å². The van der Waals surface area contributed by atoms with E-state index in [0.29, 0.717) is 11.4 Å². The molecule has 2 fully saturated rings. The molecule has 2 heterocycles. The Bertz CT molecular complexity index is 1250. The number of anilines is 1. The first kappa shape index (κ1) is 27.1. The van der Waals surface area contributed by atoms with Gasteiger partial charge in [0.1, 0.15) is 23.1 Å². The minimum Gasteiger partial charge on any atom is -0.497 e. The van der Waals surface area contributed by atoms with Crippen LogP contribution in [0.5, 0.6) is 5.75 Å². The van der Waals surface area contributed by atoms with Crippen LogP contribution in [0.25, 0.3) is 0 Å². The molecule has 0 aliphatic carbocycles. The van der Waals surface area contributed by atoms with Crippen molar-refractivity contribution in [1.82, 2.24) is 15.1 Å². The van der Waals surface area contributed by atoms with Gasteiger partial charge in [-0.15, -0.1) is 0 Å². The second-order valence-corrected chi connectivity index (χ2v) is 10.2. The van der Waals surface area contributed by atoms with Crippen LogP contribution < -0.4 is 15.0 Å². The Hall–Kier alpha value is -3.95. The van der Waals surface area contributed by atoms with Gasteiger partial charge in [-0.3, -0.25) is 24.2 Å². The number of piperidine rings is 1. The minimum atomic E-state index is -1.11. The third-order valence-electron chi connectivity index (χ3n) is 7.43. The second kappa shape index (κ2) is 10.4. The van der Waals surface area contributed by atoms with Crippen molar-refractivity contribution in [3.05, 3.63) is 59.4 Å². The van der Waals surface area contributed by atoms with Crippen molar-refractivity contribution in [2.24, 2.45) is 5.92 Å². The maximum Gasteiger partial charge on any atom is 0.331 e. The predicted octanol–water partition coefficient (Wildman–Crippen LogP) is 3.36. The molecule has 0 radical (unpaired) electrons. The summed E-state index contributed by atoms with van der Waals surface area (Å²) < 4.78 is 19.5. The fourth-order valence-corrected chi connectivity index (χ4v) is 5.19. The molecule has 2 aliphatic rings. The normalized spacial score (nSPS) is 17.8. The number of likely N-dealkylation sites (tertiary alicyclic amines) is 1. The molecular formula is C28H33FN4O5. The number of carbonyl (C=O) groups excluding carboxylic acids is 4. The van der Waals surface area contributed by atoms with Gasteiger partial charge in [0.15, 0.2) is 0 Å². The zero-order valence-electron chi connectivity index (χ0n) is 22.3. The van der Waals surface area contributed by atoms with Gasteiger partial charge in [0.05, 0.1) is 12.7 Å². The van der Waals surface area contributed by atoms with Crippen molar-refractivity contribution in [2.75, 3.05) is 32.1 Å². The number of aryl methyl sites for hydroxylation is 1.